The predicted molar refractivity (Wildman–Crippen MR) is 87.5 cm³/mol. The monoisotopic (exact) mass is 321 g/mol. The maximum absolute atomic E-state index is 11.9. The summed E-state index contributed by atoms with van der Waals surface area (Å²) in [4.78, 5) is 22.6. The summed E-state index contributed by atoms with van der Waals surface area (Å²) < 4.78 is 10.7. The predicted octanol–water partition coefficient (Wildman–Crippen LogP) is 1.11. The highest BCUT2D eigenvalue weighted by molar-refractivity contribution is 5.86. The smallest absolute Gasteiger partial charge is 0.312 e. The van der Waals surface area contributed by atoms with E-state index in [0.717, 1.165) is 11.1 Å². The van der Waals surface area contributed by atoms with E-state index in [1.165, 1.54) is 0 Å². The number of ether oxygens (including phenoxy) is 2. The highest BCUT2D eigenvalue weighted by Crippen LogP contribution is 2.33. The zero-order valence-corrected chi connectivity index (χ0v) is 13.6. The standard InChI is InChI=1S/C16H23N3O4/c1-5-6-12-7-11(8-13(22-3)14(12)23-4)9-18-15(20)10(2)19-16(17)21/h5,7-8,10H,1,6,9H2,2-4H3,(H,18,20)(H3,17,19,21). The van der Waals surface area contributed by atoms with E-state index in [1.807, 2.05) is 6.07 Å². The minimum atomic E-state index is -0.743. The van der Waals surface area contributed by atoms with Crippen molar-refractivity contribution in [3.8, 4) is 11.5 Å². The van der Waals surface area contributed by atoms with Gasteiger partial charge in [-0.2, -0.15) is 0 Å². The molecule has 0 aliphatic rings. The molecule has 7 heteroatoms. The fourth-order valence-corrected chi connectivity index (χ4v) is 2.14. The van der Waals surface area contributed by atoms with Crippen molar-refractivity contribution in [3.63, 3.8) is 0 Å². The van der Waals surface area contributed by atoms with Gasteiger partial charge in [-0.3, -0.25) is 4.79 Å². The molecule has 0 aliphatic heterocycles. The summed E-state index contributed by atoms with van der Waals surface area (Å²) in [5.41, 5.74) is 6.75. The van der Waals surface area contributed by atoms with Crippen LogP contribution in [0.5, 0.6) is 11.5 Å². The topological polar surface area (TPSA) is 103 Å². The molecule has 1 aromatic carbocycles. The summed E-state index contributed by atoms with van der Waals surface area (Å²) in [5.74, 6) is 0.898. The van der Waals surface area contributed by atoms with Crippen LogP contribution in [0.1, 0.15) is 18.1 Å². The van der Waals surface area contributed by atoms with E-state index in [0.29, 0.717) is 17.9 Å². The molecule has 7 nitrogen and oxygen atoms in total. The highest BCUT2D eigenvalue weighted by Gasteiger charge is 2.15. The Morgan fingerprint density at radius 1 is 1.35 bits per heavy atom. The van der Waals surface area contributed by atoms with Crippen LogP contribution >= 0.6 is 0 Å². The SMILES string of the molecule is C=CCc1cc(CNC(=O)C(C)NC(N)=O)cc(OC)c1OC. The van der Waals surface area contributed by atoms with Crippen molar-refractivity contribution in [2.75, 3.05) is 14.2 Å². The molecule has 0 saturated heterocycles. The summed E-state index contributed by atoms with van der Waals surface area (Å²) in [6, 6.07) is 2.25. The van der Waals surface area contributed by atoms with Gasteiger partial charge >= 0.3 is 6.03 Å². The summed E-state index contributed by atoms with van der Waals surface area (Å²) in [7, 11) is 3.12. The molecule has 0 radical (unpaired) electrons. The zero-order chi connectivity index (χ0) is 17.4. The van der Waals surface area contributed by atoms with Gasteiger partial charge in [0, 0.05) is 12.1 Å². The van der Waals surface area contributed by atoms with Crippen LogP contribution in [0.2, 0.25) is 0 Å². The minimum Gasteiger partial charge on any atom is -0.493 e. The van der Waals surface area contributed by atoms with Gasteiger partial charge in [0.05, 0.1) is 14.2 Å². The van der Waals surface area contributed by atoms with Gasteiger partial charge in [0.2, 0.25) is 5.91 Å². The molecular weight excluding hydrogens is 298 g/mol. The number of carbonyl (C=O) groups is 2. The number of nitrogens with two attached hydrogens (primary N) is 1. The molecule has 0 saturated carbocycles. The molecule has 1 rings (SSSR count). The number of hydrogen-bond donors (Lipinski definition) is 3. The van der Waals surface area contributed by atoms with Crippen molar-refractivity contribution in [2.45, 2.75) is 25.9 Å². The van der Waals surface area contributed by atoms with E-state index in [2.05, 4.69) is 17.2 Å². The number of hydrogen-bond acceptors (Lipinski definition) is 4. The van der Waals surface area contributed by atoms with Crippen molar-refractivity contribution in [1.82, 2.24) is 10.6 Å². The Bertz CT molecular complexity index is 587. The summed E-state index contributed by atoms with van der Waals surface area (Å²) in [6.45, 7) is 5.56. The Morgan fingerprint density at radius 3 is 2.57 bits per heavy atom. The fraction of sp³-hybridized carbons (Fsp3) is 0.375. The van der Waals surface area contributed by atoms with Crippen LogP contribution in [0.4, 0.5) is 4.79 Å². The number of urea groups is 1. The van der Waals surface area contributed by atoms with Crippen LogP contribution in [0.25, 0.3) is 0 Å². The molecule has 0 spiro atoms. The minimum absolute atomic E-state index is 0.286. The van der Waals surface area contributed by atoms with Gasteiger partial charge in [-0.25, -0.2) is 4.79 Å². The van der Waals surface area contributed by atoms with Crippen LogP contribution in [0.15, 0.2) is 24.8 Å². The van der Waals surface area contributed by atoms with Crippen LogP contribution < -0.4 is 25.8 Å². The van der Waals surface area contributed by atoms with Gasteiger partial charge in [-0.05, 0) is 31.0 Å². The zero-order valence-electron chi connectivity index (χ0n) is 13.6. The van der Waals surface area contributed by atoms with E-state index in [1.54, 1.807) is 33.3 Å². The first-order valence-corrected chi connectivity index (χ1v) is 7.11. The first-order valence-electron chi connectivity index (χ1n) is 7.11. The third-order valence-corrected chi connectivity index (χ3v) is 3.20. The molecule has 1 atom stereocenters. The molecule has 3 amide bonds. The fourth-order valence-electron chi connectivity index (χ4n) is 2.14. The quantitative estimate of drug-likeness (QED) is 0.624. The molecule has 4 N–H and O–H groups in total. The Kier molecular flexibility index (Phi) is 6.92. The normalized spacial score (nSPS) is 11.3. The molecule has 0 fully saturated rings. The summed E-state index contributed by atoms with van der Waals surface area (Å²) in [6.07, 6.45) is 2.37. The number of rotatable bonds is 8. The molecule has 23 heavy (non-hydrogen) atoms. The number of nitrogens with one attached hydrogen (secondary N) is 2. The average Bonchev–Trinajstić information content (AvgIpc) is 2.51. The summed E-state index contributed by atoms with van der Waals surface area (Å²) in [5, 5.41) is 5.05. The molecule has 0 bridgehead atoms. The van der Waals surface area contributed by atoms with Crippen molar-refractivity contribution in [3.05, 3.63) is 35.9 Å². The maximum atomic E-state index is 11.9. The van der Waals surface area contributed by atoms with E-state index in [-0.39, 0.29) is 12.5 Å². The third-order valence-electron chi connectivity index (χ3n) is 3.20. The van der Waals surface area contributed by atoms with Crippen molar-refractivity contribution in [2.24, 2.45) is 5.73 Å². The lowest BCUT2D eigenvalue weighted by Gasteiger charge is -2.16. The first kappa shape index (κ1) is 18.3. The van der Waals surface area contributed by atoms with Crippen LogP contribution in [-0.2, 0) is 17.8 Å². The Labute approximate surface area is 135 Å². The Hall–Kier alpha value is -2.70. The van der Waals surface area contributed by atoms with Gasteiger partial charge in [-0.15, -0.1) is 6.58 Å². The van der Waals surface area contributed by atoms with Crippen LogP contribution in [0.3, 0.4) is 0 Å². The second-order valence-electron chi connectivity index (χ2n) is 4.93. The maximum Gasteiger partial charge on any atom is 0.312 e. The van der Waals surface area contributed by atoms with Gasteiger partial charge in [0.15, 0.2) is 11.5 Å². The van der Waals surface area contributed by atoms with Gasteiger partial charge in [0.1, 0.15) is 6.04 Å². The number of carbonyl (C=O) groups excluding carboxylic acids is 2. The lowest BCUT2D eigenvalue weighted by Crippen LogP contribution is -2.46. The van der Waals surface area contributed by atoms with Gasteiger partial charge < -0.3 is 25.8 Å². The molecular formula is C16H23N3O4. The molecule has 0 aromatic heterocycles. The number of methoxy groups -OCH3 is 2. The first-order chi connectivity index (χ1) is 10.9. The third kappa shape index (κ3) is 5.21. The lowest BCUT2D eigenvalue weighted by molar-refractivity contribution is -0.122. The molecule has 126 valence electrons. The van der Waals surface area contributed by atoms with Gasteiger partial charge in [-0.1, -0.05) is 6.08 Å². The molecule has 0 aliphatic carbocycles. The second-order valence-corrected chi connectivity index (χ2v) is 4.93. The number of primary amides is 1. The van der Waals surface area contributed by atoms with Crippen molar-refractivity contribution < 1.29 is 19.1 Å². The van der Waals surface area contributed by atoms with E-state index in [9.17, 15) is 9.59 Å². The largest absolute Gasteiger partial charge is 0.493 e. The highest BCUT2D eigenvalue weighted by atomic mass is 16.5. The van der Waals surface area contributed by atoms with Crippen molar-refractivity contribution in [1.29, 1.82) is 0 Å². The number of benzene rings is 1. The Morgan fingerprint density at radius 2 is 2.04 bits per heavy atom. The van der Waals surface area contributed by atoms with Crippen molar-refractivity contribution >= 4 is 11.9 Å². The van der Waals surface area contributed by atoms with Crippen LogP contribution in [0, 0.1) is 0 Å². The van der Waals surface area contributed by atoms with Crippen LogP contribution in [-0.4, -0.2) is 32.2 Å². The molecule has 1 unspecified atom stereocenters. The number of amides is 3. The van der Waals surface area contributed by atoms with E-state index in [4.69, 9.17) is 15.2 Å². The summed E-state index contributed by atoms with van der Waals surface area (Å²) >= 11 is 0. The Balaban J connectivity index is 2.88. The molecule has 0 heterocycles. The van der Waals surface area contributed by atoms with Gasteiger partial charge in [0.25, 0.3) is 0 Å². The lowest BCUT2D eigenvalue weighted by atomic mass is 10.1. The van der Waals surface area contributed by atoms with E-state index >= 15 is 0 Å². The van der Waals surface area contributed by atoms with E-state index < -0.39 is 12.1 Å². The number of allylic oxidation sites excluding steroid dienone is 1. The second kappa shape index (κ2) is 8.67. The average molecular weight is 321 g/mol. The molecule has 1 aromatic rings.